The van der Waals surface area contributed by atoms with Crippen molar-refractivity contribution in [2.24, 2.45) is 0 Å². The van der Waals surface area contributed by atoms with Gasteiger partial charge in [0.1, 0.15) is 11.8 Å². The van der Waals surface area contributed by atoms with Crippen molar-refractivity contribution in [3.63, 3.8) is 0 Å². The Bertz CT molecular complexity index is 408. The molecule has 1 aliphatic carbocycles. The van der Waals surface area contributed by atoms with Gasteiger partial charge in [-0.2, -0.15) is 0 Å². The van der Waals surface area contributed by atoms with E-state index in [1.165, 1.54) is 6.92 Å². The molecular weight excluding hydrogens is 272 g/mol. The summed E-state index contributed by atoms with van der Waals surface area (Å²) in [4.78, 5) is 34.9. The smallest absolute Gasteiger partial charge is 0.327 e. The van der Waals surface area contributed by atoms with Crippen LogP contribution in [0.25, 0.3) is 0 Å². The second-order valence-corrected chi connectivity index (χ2v) is 6.08. The van der Waals surface area contributed by atoms with Gasteiger partial charge in [-0.1, -0.05) is 0 Å². The zero-order chi connectivity index (χ0) is 14.6. The van der Waals surface area contributed by atoms with E-state index in [0.29, 0.717) is 0 Å². The molecule has 1 rings (SSSR count). The topological polar surface area (TPSA) is 104 Å². The molecule has 1 saturated carbocycles. The Hall–Kier alpha value is -1.44. The van der Waals surface area contributed by atoms with Gasteiger partial charge in [-0.15, -0.1) is 0 Å². The van der Waals surface area contributed by atoms with Gasteiger partial charge in [-0.25, -0.2) is 4.79 Å². The average molecular weight is 290 g/mol. The van der Waals surface area contributed by atoms with Crippen molar-refractivity contribution >= 4 is 28.6 Å². The van der Waals surface area contributed by atoms with Crippen LogP contribution in [0.4, 0.5) is 0 Å². The Labute approximate surface area is 113 Å². The van der Waals surface area contributed by atoms with Crippen molar-refractivity contribution in [2.75, 3.05) is 18.6 Å². The SMILES string of the molecule is CC(=O)NC(CS(=O)CC(=O)N(C)C1CC1)C(=O)O. The first-order valence-electron chi connectivity index (χ1n) is 5.91. The van der Waals surface area contributed by atoms with Crippen LogP contribution in [-0.4, -0.2) is 62.6 Å². The summed E-state index contributed by atoms with van der Waals surface area (Å²) in [5, 5.41) is 11.1. The molecule has 108 valence electrons. The summed E-state index contributed by atoms with van der Waals surface area (Å²) in [7, 11) is 0.0392. The van der Waals surface area contributed by atoms with Crippen LogP contribution < -0.4 is 5.32 Å². The predicted octanol–water partition coefficient (Wildman–Crippen LogP) is -1.05. The third kappa shape index (κ3) is 5.37. The predicted molar refractivity (Wildman–Crippen MR) is 68.9 cm³/mol. The molecule has 0 aromatic carbocycles. The molecule has 1 fully saturated rings. The molecule has 2 atom stereocenters. The second-order valence-electron chi connectivity index (χ2n) is 4.58. The molecule has 0 saturated heterocycles. The van der Waals surface area contributed by atoms with Crippen LogP contribution in [0.15, 0.2) is 0 Å². The van der Waals surface area contributed by atoms with Gasteiger partial charge in [0.25, 0.3) is 0 Å². The number of rotatable bonds is 7. The molecule has 0 heterocycles. The minimum atomic E-state index is -1.61. The first-order valence-corrected chi connectivity index (χ1v) is 7.40. The van der Waals surface area contributed by atoms with E-state index in [1.807, 2.05) is 0 Å². The van der Waals surface area contributed by atoms with E-state index in [2.05, 4.69) is 5.32 Å². The zero-order valence-corrected chi connectivity index (χ0v) is 11.7. The molecule has 0 aliphatic heterocycles. The van der Waals surface area contributed by atoms with Crippen molar-refractivity contribution in [3.8, 4) is 0 Å². The summed E-state index contributed by atoms with van der Waals surface area (Å²) in [6.45, 7) is 1.19. The summed E-state index contributed by atoms with van der Waals surface area (Å²) >= 11 is 0. The van der Waals surface area contributed by atoms with E-state index in [4.69, 9.17) is 5.11 Å². The molecule has 8 heteroatoms. The summed E-state index contributed by atoms with van der Waals surface area (Å²) in [6.07, 6.45) is 1.91. The van der Waals surface area contributed by atoms with E-state index >= 15 is 0 Å². The Balaban J connectivity index is 2.45. The van der Waals surface area contributed by atoms with E-state index in [1.54, 1.807) is 11.9 Å². The molecule has 0 spiro atoms. The fourth-order valence-corrected chi connectivity index (χ4v) is 2.76. The van der Waals surface area contributed by atoms with Crippen LogP contribution >= 0.6 is 0 Å². The quantitative estimate of drug-likeness (QED) is 0.622. The summed E-state index contributed by atoms with van der Waals surface area (Å²) in [5.74, 6) is -2.50. The molecule has 1 aliphatic rings. The average Bonchev–Trinajstić information content (AvgIpc) is 3.09. The number of carboxylic acids is 1. The number of aliphatic carboxylic acids is 1. The highest BCUT2D eigenvalue weighted by molar-refractivity contribution is 7.85. The number of carbonyl (C=O) groups excluding carboxylic acids is 2. The number of carbonyl (C=O) groups is 3. The van der Waals surface area contributed by atoms with Crippen molar-refractivity contribution < 1.29 is 23.7 Å². The molecular formula is C11H18N2O5S. The lowest BCUT2D eigenvalue weighted by Gasteiger charge is -2.17. The van der Waals surface area contributed by atoms with Gasteiger partial charge in [-0.05, 0) is 12.8 Å². The van der Waals surface area contributed by atoms with E-state index < -0.39 is 28.7 Å². The third-order valence-electron chi connectivity index (χ3n) is 2.80. The molecule has 2 unspecified atom stereocenters. The highest BCUT2D eigenvalue weighted by Gasteiger charge is 2.30. The van der Waals surface area contributed by atoms with Gasteiger partial charge in [0, 0.05) is 30.8 Å². The maximum atomic E-state index is 11.7. The Morgan fingerprint density at radius 3 is 2.42 bits per heavy atom. The lowest BCUT2D eigenvalue weighted by Crippen LogP contribution is -2.44. The Morgan fingerprint density at radius 1 is 1.42 bits per heavy atom. The number of hydrogen-bond acceptors (Lipinski definition) is 4. The van der Waals surface area contributed by atoms with E-state index in [9.17, 15) is 18.6 Å². The first kappa shape index (κ1) is 15.6. The minimum absolute atomic E-state index is 0.212. The third-order valence-corrected chi connectivity index (χ3v) is 4.07. The lowest BCUT2D eigenvalue weighted by atomic mass is 10.3. The number of carboxylic acid groups (broad SMARTS) is 1. The highest BCUT2D eigenvalue weighted by Crippen LogP contribution is 2.25. The number of nitrogens with zero attached hydrogens (tertiary/aromatic N) is 1. The minimum Gasteiger partial charge on any atom is -0.480 e. The van der Waals surface area contributed by atoms with Gasteiger partial charge >= 0.3 is 5.97 Å². The lowest BCUT2D eigenvalue weighted by molar-refractivity contribution is -0.140. The zero-order valence-electron chi connectivity index (χ0n) is 10.9. The molecule has 0 bridgehead atoms. The van der Waals surface area contributed by atoms with Crippen LogP contribution in [0.2, 0.25) is 0 Å². The van der Waals surface area contributed by atoms with Crippen LogP contribution in [0.3, 0.4) is 0 Å². The second kappa shape index (κ2) is 6.65. The van der Waals surface area contributed by atoms with Gasteiger partial charge in [0.15, 0.2) is 0 Å². The van der Waals surface area contributed by atoms with Crippen LogP contribution in [0.5, 0.6) is 0 Å². The fraction of sp³-hybridized carbons (Fsp3) is 0.727. The van der Waals surface area contributed by atoms with Gasteiger partial charge in [0.2, 0.25) is 11.8 Å². The van der Waals surface area contributed by atoms with Crippen molar-refractivity contribution in [3.05, 3.63) is 0 Å². The highest BCUT2D eigenvalue weighted by atomic mass is 32.2. The fourth-order valence-electron chi connectivity index (χ4n) is 1.57. The Morgan fingerprint density at radius 2 is 2.00 bits per heavy atom. The van der Waals surface area contributed by atoms with Crippen molar-refractivity contribution in [2.45, 2.75) is 31.8 Å². The monoisotopic (exact) mass is 290 g/mol. The number of nitrogens with one attached hydrogen (secondary N) is 1. The molecule has 2 N–H and O–H groups in total. The summed E-state index contributed by atoms with van der Waals surface area (Å²) < 4.78 is 11.7. The summed E-state index contributed by atoms with van der Waals surface area (Å²) in [6, 6.07) is -0.993. The number of hydrogen-bond donors (Lipinski definition) is 2. The molecule has 19 heavy (non-hydrogen) atoms. The van der Waals surface area contributed by atoms with Crippen LogP contribution in [-0.2, 0) is 25.2 Å². The largest absolute Gasteiger partial charge is 0.480 e. The van der Waals surface area contributed by atoms with Crippen molar-refractivity contribution in [1.82, 2.24) is 10.2 Å². The van der Waals surface area contributed by atoms with E-state index in [0.717, 1.165) is 12.8 Å². The maximum Gasteiger partial charge on any atom is 0.327 e. The molecule has 0 aromatic rings. The molecule has 0 aromatic heterocycles. The number of amides is 2. The first-order chi connectivity index (χ1) is 8.81. The summed E-state index contributed by atoms with van der Waals surface area (Å²) in [5.41, 5.74) is 0. The standard InChI is InChI=1S/C11H18N2O5S/c1-7(14)12-9(11(16)17)5-19(18)6-10(15)13(2)8-3-4-8/h8-9H,3-6H2,1-2H3,(H,12,14)(H,16,17). The maximum absolute atomic E-state index is 11.7. The normalized spacial score (nSPS) is 17.4. The van der Waals surface area contributed by atoms with Crippen LogP contribution in [0, 0.1) is 0 Å². The van der Waals surface area contributed by atoms with Gasteiger partial charge in [0.05, 0.1) is 5.75 Å². The Kier molecular flexibility index (Phi) is 5.46. The van der Waals surface area contributed by atoms with E-state index in [-0.39, 0.29) is 23.5 Å². The van der Waals surface area contributed by atoms with Crippen LogP contribution in [0.1, 0.15) is 19.8 Å². The molecule has 2 amide bonds. The van der Waals surface area contributed by atoms with Crippen molar-refractivity contribution in [1.29, 1.82) is 0 Å². The molecule has 7 nitrogen and oxygen atoms in total. The van der Waals surface area contributed by atoms with Gasteiger partial charge < -0.3 is 15.3 Å². The van der Waals surface area contributed by atoms with Gasteiger partial charge in [-0.3, -0.25) is 13.8 Å². The molecule has 0 radical (unpaired) electrons.